The molecule has 0 spiro atoms. The van der Waals surface area contributed by atoms with Crippen LogP contribution in [0.25, 0.3) is 28.3 Å². The lowest BCUT2D eigenvalue weighted by Gasteiger charge is -2.10. The SMILES string of the molecule is CCc1ccc(-c2nc3cc(CC)ccn3c2-c2ccnc(NCc3ccccc3C)n2)cc1. The molecule has 0 saturated heterocycles. The van der Waals surface area contributed by atoms with Gasteiger partial charge in [-0.15, -0.1) is 0 Å². The number of anilines is 1. The first-order valence-electron chi connectivity index (χ1n) is 11.9. The third-order valence-corrected chi connectivity index (χ3v) is 6.33. The van der Waals surface area contributed by atoms with Gasteiger partial charge in [-0.1, -0.05) is 62.4 Å². The lowest BCUT2D eigenvalue weighted by Crippen LogP contribution is -2.05. The molecule has 5 aromatic rings. The molecule has 3 aromatic heterocycles. The van der Waals surface area contributed by atoms with Gasteiger partial charge >= 0.3 is 0 Å². The molecule has 5 nitrogen and oxygen atoms in total. The second-order valence-corrected chi connectivity index (χ2v) is 8.52. The van der Waals surface area contributed by atoms with Crippen molar-refractivity contribution in [3.8, 4) is 22.6 Å². The van der Waals surface area contributed by atoms with E-state index in [-0.39, 0.29) is 0 Å². The Bertz CT molecular complexity index is 1430. The molecule has 0 radical (unpaired) electrons. The summed E-state index contributed by atoms with van der Waals surface area (Å²) in [5, 5.41) is 3.39. The molecule has 34 heavy (non-hydrogen) atoms. The monoisotopic (exact) mass is 447 g/mol. The molecule has 0 aliphatic heterocycles. The predicted molar refractivity (Wildman–Crippen MR) is 139 cm³/mol. The zero-order valence-electron chi connectivity index (χ0n) is 19.9. The first-order valence-corrected chi connectivity index (χ1v) is 11.9. The van der Waals surface area contributed by atoms with Crippen LogP contribution in [0.15, 0.2) is 79.1 Å². The van der Waals surface area contributed by atoms with Crippen molar-refractivity contribution < 1.29 is 0 Å². The van der Waals surface area contributed by atoms with Crippen molar-refractivity contribution in [2.75, 3.05) is 5.32 Å². The van der Waals surface area contributed by atoms with Gasteiger partial charge < -0.3 is 5.32 Å². The molecule has 0 saturated carbocycles. The van der Waals surface area contributed by atoms with E-state index in [2.05, 4.69) is 102 Å². The zero-order chi connectivity index (χ0) is 23.5. The van der Waals surface area contributed by atoms with Gasteiger partial charge in [0.2, 0.25) is 5.95 Å². The Morgan fingerprint density at radius 2 is 1.65 bits per heavy atom. The van der Waals surface area contributed by atoms with Crippen molar-refractivity contribution in [1.82, 2.24) is 19.4 Å². The smallest absolute Gasteiger partial charge is 0.223 e. The highest BCUT2D eigenvalue weighted by Crippen LogP contribution is 2.32. The standard InChI is InChI=1S/C29H29N5/c1-4-21-10-12-23(13-11-21)27-28(34-17-15-22(5-2)18-26(34)33-27)25-14-16-30-29(32-25)31-19-24-9-7-6-8-20(24)3/h6-18H,4-5,19H2,1-3H3,(H,30,31,32). The number of imidazole rings is 1. The lowest BCUT2D eigenvalue weighted by molar-refractivity contribution is 1.04. The van der Waals surface area contributed by atoms with Crippen LogP contribution in [0, 0.1) is 6.92 Å². The summed E-state index contributed by atoms with van der Waals surface area (Å²) < 4.78 is 2.13. The highest BCUT2D eigenvalue weighted by Gasteiger charge is 2.18. The van der Waals surface area contributed by atoms with E-state index in [1.807, 2.05) is 12.3 Å². The fourth-order valence-corrected chi connectivity index (χ4v) is 4.21. The van der Waals surface area contributed by atoms with E-state index in [9.17, 15) is 0 Å². The fourth-order valence-electron chi connectivity index (χ4n) is 4.21. The molecule has 1 N–H and O–H groups in total. The number of nitrogens with one attached hydrogen (secondary N) is 1. The molecule has 170 valence electrons. The summed E-state index contributed by atoms with van der Waals surface area (Å²) in [4.78, 5) is 14.4. The van der Waals surface area contributed by atoms with Crippen LogP contribution in [-0.4, -0.2) is 19.4 Å². The Morgan fingerprint density at radius 1 is 0.853 bits per heavy atom. The quantitative estimate of drug-likeness (QED) is 0.309. The Balaban J connectivity index is 1.58. The minimum Gasteiger partial charge on any atom is -0.350 e. The van der Waals surface area contributed by atoms with Crippen LogP contribution in [0.1, 0.15) is 36.1 Å². The minimum atomic E-state index is 0.605. The van der Waals surface area contributed by atoms with Crippen LogP contribution in [0.5, 0.6) is 0 Å². The number of aryl methyl sites for hydroxylation is 3. The fraction of sp³-hybridized carbons (Fsp3) is 0.207. The average molecular weight is 448 g/mol. The van der Waals surface area contributed by atoms with Crippen LogP contribution < -0.4 is 5.32 Å². The molecule has 0 amide bonds. The largest absolute Gasteiger partial charge is 0.350 e. The van der Waals surface area contributed by atoms with E-state index < -0.39 is 0 Å². The van der Waals surface area contributed by atoms with Gasteiger partial charge in [-0.2, -0.15) is 0 Å². The highest BCUT2D eigenvalue weighted by atomic mass is 15.1. The van der Waals surface area contributed by atoms with E-state index in [1.165, 1.54) is 22.3 Å². The molecular formula is C29H29N5. The van der Waals surface area contributed by atoms with Crippen molar-refractivity contribution in [3.63, 3.8) is 0 Å². The molecule has 0 aliphatic rings. The molecular weight excluding hydrogens is 418 g/mol. The van der Waals surface area contributed by atoms with Gasteiger partial charge in [-0.3, -0.25) is 4.40 Å². The molecule has 0 atom stereocenters. The third kappa shape index (κ3) is 4.29. The second kappa shape index (κ2) is 9.48. The van der Waals surface area contributed by atoms with E-state index in [0.717, 1.165) is 41.1 Å². The van der Waals surface area contributed by atoms with Crippen LogP contribution in [0.4, 0.5) is 5.95 Å². The van der Waals surface area contributed by atoms with Gasteiger partial charge in [0, 0.05) is 24.5 Å². The normalized spacial score (nSPS) is 11.1. The number of rotatable bonds is 7. The van der Waals surface area contributed by atoms with Gasteiger partial charge in [0.05, 0.1) is 17.1 Å². The van der Waals surface area contributed by atoms with Crippen molar-refractivity contribution >= 4 is 11.6 Å². The molecule has 2 aromatic carbocycles. The Morgan fingerprint density at radius 3 is 2.41 bits per heavy atom. The van der Waals surface area contributed by atoms with Crippen LogP contribution in [0.2, 0.25) is 0 Å². The number of hydrogen-bond donors (Lipinski definition) is 1. The molecule has 0 fully saturated rings. The zero-order valence-corrected chi connectivity index (χ0v) is 19.9. The van der Waals surface area contributed by atoms with Crippen LogP contribution in [0.3, 0.4) is 0 Å². The Kier molecular flexibility index (Phi) is 6.09. The van der Waals surface area contributed by atoms with Gasteiger partial charge in [0.25, 0.3) is 0 Å². The summed E-state index contributed by atoms with van der Waals surface area (Å²) in [6, 6.07) is 23.3. The summed E-state index contributed by atoms with van der Waals surface area (Å²) in [5.74, 6) is 0.605. The van der Waals surface area contributed by atoms with E-state index in [0.29, 0.717) is 12.5 Å². The first-order chi connectivity index (χ1) is 16.7. The van der Waals surface area contributed by atoms with Gasteiger partial charge in [0.1, 0.15) is 5.65 Å². The number of hydrogen-bond acceptors (Lipinski definition) is 4. The topological polar surface area (TPSA) is 55.1 Å². The lowest BCUT2D eigenvalue weighted by atomic mass is 10.1. The Hall–Kier alpha value is -3.99. The van der Waals surface area contributed by atoms with Crippen molar-refractivity contribution in [1.29, 1.82) is 0 Å². The molecule has 0 bridgehead atoms. The Labute approximate surface area is 200 Å². The van der Waals surface area contributed by atoms with E-state index >= 15 is 0 Å². The van der Waals surface area contributed by atoms with E-state index in [4.69, 9.17) is 9.97 Å². The van der Waals surface area contributed by atoms with E-state index in [1.54, 1.807) is 0 Å². The number of aromatic nitrogens is 4. The number of fused-ring (bicyclic) bond motifs is 1. The maximum Gasteiger partial charge on any atom is 0.223 e. The van der Waals surface area contributed by atoms with Gasteiger partial charge in [-0.25, -0.2) is 15.0 Å². The maximum atomic E-state index is 5.04. The summed E-state index contributed by atoms with van der Waals surface area (Å²) in [7, 11) is 0. The molecule has 0 aliphatic carbocycles. The van der Waals surface area contributed by atoms with Crippen molar-refractivity contribution in [2.45, 2.75) is 40.2 Å². The maximum absolute atomic E-state index is 5.04. The predicted octanol–water partition coefficient (Wildman–Crippen LogP) is 6.50. The molecule has 5 rings (SSSR count). The summed E-state index contributed by atoms with van der Waals surface area (Å²) in [6.45, 7) is 7.13. The highest BCUT2D eigenvalue weighted by molar-refractivity contribution is 5.81. The summed E-state index contributed by atoms with van der Waals surface area (Å²) in [6.07, 6.45) is 5.90. The average Bonchev–Trinajstić information content (AvgIpc) is 3.27. The van der Waals surface area contributed by atoms with Crippen molar-refractivity contribution in [2.24, 2.45) is 0 Å². The number of benzene rings is 2. The second-order valence-electron chi connectivity index (χ2n) is 8.52. The van der Waals surface area contributed by atoms with Crippen molar-refractivity contribution in [3.05, 3.63) is 101 Å². The molecule has 5 heteroatoms. The summed E-state index contributed by atoms with van der Waals surface area (Å²) in [5.41, 5.74) is 9.81. The molecule has 0 unspecified atom stereocenters. The van der Waals surface area contributed by atoms with Gasteiger partial charge in [0.15, 0.2) is 0 Å². The number of nitrogens with zero attached hydrogens (tertiary/aromatic N) is 4. The number of pyridine rings is 1. The van der Waals surface area contributed by atoms with Gasteiger partial charge in [-0.05, 0) is 60.2 Å². The third-order valence-electron chi connectivity index (χ3n) is 6.33. The van der Waals surface area contributed by atoms with Crippen LogP contribution in [-0.2, 0) is 19.4 Å². The first kappa shape index (κ1) is 21.8. The summed E-state index contributed by atoms with van der Waals surface area (Å²) >= 11 is 0. The molecule has 3 heterocycles. The minimum absolute atomic E-state index is 0.605. The van der Waals surface area contributed by atoms with Crippen LogP contribution >= 0.6 is 0 Å².